The Morgan fingerprint density at radius 2 is 2.33 bits per heavy atom. The van der Waals surface area contributed by atoms with Crippen molar-refractivity contribution in [1.29, 1.82) is 0 Å². The highest BCUT2D eigenvalue weighted by Crippen LogP contribution is 2.49. The first-order chi connectivity index (χ1) is 7.29. The minimum atomic E-state index is -0.224. The maximum Gasteiger partial charge on any atom is 0.207 e. The molecule has 1 N–H and O–H groups in total. The van der Waals surface area contributed by atoms with Crippen LogP contribution in [0.1, 0.15) is 17.9 Å². The Labute approximate surface area is 87.4 Å². The summed E-state index contributed by atoms with van der Waals surface area (Å²) in [5, 5.41) is 9.87. The van der Waals surface area contributed by atoms with Crippen LogP contribution in [-0.2, 0) is 4.74 Å². The van der Waals surface area contributed by atoms with E-state index >= 15 is 0 Å². The van der Waals surface area contributed by atoms with Crippen LogP contribution in [0.15, 0.2) is 12.1 Å². The summed E-state index contributed by atoms with van der Waals surface area (Å²) in [4.78, 5) is 0. The lowest BCUT2D eigenvalue weighted by Gasteiger charge is -2.07. The molecular weight excluding hydrogens is 196 g/mol. The molecule has 0 amide bonds. The molecule has 1 fully saturated rings. The fraction of sp³-hybridized carbons (Fsp3) is 0.455. The molecule has 1 aromatic carbocycles. The zero-order valence-corrected chi connectivity index (χ0v) is 8.40. The molecule has 2 unspecified atom stereocenters. The van der Waals surface area contributed by atoms with Gasteiger partial charge in [0.05, 0.1) is 19.6 Å². The summed E-state index contributed by atoms with van der Waals surface area (Å²) in [5.74, 6) is 1.70. The number of phenols is 1. The Bertz CT molecular complexity index is 402. The number of methoxy groups -OCH3 is 1. The van der Waals surface area contributed by atoms with Crippen LogP contribution < -0.4 is 9.47 Å². The Kier molecular flexibility index (Phi) is 1.79. The third-order valence-electron chi connectivity index (χ3n) is 2.98. The fourth-order valence-corrected chi connectivity index (χ4v) is 2.26. The van der Waals surface area contributed by atoms with E-state index in [1.54, 1.807) is 19.2 Å². The molecule has 0 aliphatic carbocycles. The summed E-state index contributed by atoms with van der Waals surface area (Å²) < 4.78 is 16.1. The Hall–Kier alpha value is -1.42. The van der Waals surface area contributed by atoms with Crippen molar-refractivity contribution in [3.05, 3.63) is 17.7 Å². The van der Waals surface area contributed by atoms with Gasteiger partial charge in [-0.05, 0) is 6.42 Å². The number of aromatic hydroxyl groups is 1. The molecule has 0 spiro atoms. The first-order valence-corrected chi connectivity index (χ1v) is 4.99. The van der Waals surface area contributed by atoms with Crippen LogP contribution in [0.3, 0.4) is 0 Å². The monoisotopic (exact) mass is 208 g/mol. The van der Waals surface area contributed by atoms with Crippen molar-refractivity contribution in [3.63, 3.8) is 0 Å². The van der Waals surface area contributed by atoms with Crippen molar-refractivity contribution >= 4 is 0 Å². The van der Waals surface area contributed by atoms with Gasteiger partial charge in [0, 0.05) is 17.7 Å². The molecule has 3 rings (SSSR count). The van der Waals surface area contributed by atoms with Gasteiger partial charge in [-0.15, -0.1) is 0 Å². The van der Waals surface area contributed by atoms with Gasteiger partial charge in [0.2, 0.25) is 6.29 Å². The molecule has 15 heavy (non-hydrogen) atoms. The number of phenolic OH excluding ortho intramolecular Hbond substituents is 1. The van der Waals surface area contributed by atoms with E-state index in [-0.39, 0.29) is 18.0 Å². The van der Waals surface area contributed by atoms with E-state index in [9.17, 15) is 5.11 Å². The van der Waals surface area contributed by atoms with Crippen molar-refractivity contribution in [2.75, 3.05) is 13.7 Å². The Morgan fingerprint density at radius 1 is 1.47 bits per heavy atom. The van der Waals surface area contributed by atoms with Crippen LogP contribution in [0.2, 0.25) is 0 Å². The summed E-state index contributed by atoms with van der Waals surface area (Å²) in [7, 11) is 1.56. The van der Waals surface area contributed by atoms with Gasteiger partial charge in [0.1, 0.15) is 17.2 Å². The summed E-state index contributed by atoms with van der Waals surface area (Å²) >= 11 is 0. The highest BCUT2D eigenvalue weighted by molar-refractivity contribution is 5.54. The van der Waals surface area contributed by atoms with Crippen molar-refractivity contribution in [1.82, 2.24) is 0 Å². The molecule has 0 radical (unpaired) electrons. The molecule has 2 aliphatic rings. The number of fused-ring (bicyclic) bond motifs is 3. The van der Waals surface area contributed by atoms with Crippen LogP contribution in [0.25, 0.3) is 0 Å². The molecule has 4 heteroatoms. The third-order valence-corrected chi connectivity index (χ3v) is 2.98. The summed E-state index contributed by atoms with van der Waals surface area (Å²) in [6, 6.07) is 3.40. The van der Waals surface area contributed by atoms with Crippen LogP contribution in [0.5, 0.6) is 17.2 Å². The lowest BCUT2D eigenvalue weighted by atomic mass is 9.97. The minimum absolute atomic E-state index is 0.172. The molecule has 2 heterocycles. The van der Waals surface area contributed by atoms with Gasteiger partial charge in [-0.25, -0.2) is 0 Å². The van der Waals surface area contributed by atoms with E-state index in [0.29, 0.717) is 18.1 Å². The molecule has 0 bridgehead atoms. The van der Waals surface area contributed by atoms with E-state index < -0.39 is 0 Å². The molecule has 0 saturated carbocycles. The van der Waals surface area contributed by atoms with E-state index in [4.69, 9.17) is 14.2 Å². The maximum absolute atomic E-state index is 9.87. The molecule has 2 aliphatic heterocycles. The van der Waals surface area contributed by atoms with Gasteiger partial charge < -0.3 is 19.3 Å². The normalized spacial score (nSPS) is 27.0. The first kappa shape index (κ1) is 8.85. The Balaban J connectivity index is 2.09. The predicted octanol–water partition coefficient (Wildman–Crippen LogP) is 1.62. The van der Waals surface area contributed by atoms with Gasteiger partial charge in [0.15, 0.2) is 0 Å². The van der Waals surface area contributed by atoms with E-state index in [1.165, 1.54) is 0 Å². The SMILES string of the molecule is COc1cc(O)c2c(c1)OC1OCCC21. The number of ether oxygens (including phenoxy) is 3. The Morgan fingerprint density at radius 3 is 3.13 bits per heavy atom. The van der Waals surface area contributed by atoms with Gasteiger partial charge in [-0.1, -0.05) is 0 Å². The van der Waals surface area contributed by atoms with Crippen LogP contribution in [0, 0.1) is 0 Å². The molecule has 1 aromatic rings. The standard InChI is InChI=1S/C11H12O4/c1-13-6-4-8(12)10-7-2-3-14-11(7)15-9(10)5-6/h4-5,7,11-12H,2-3H2,1H3. The second kappa shape index (κ2) is 3.03. The maximum atomic E-state index is 9.87. The van der Waals surface area contributed by atoms with E-state index in [2.05, 4.69) is 0 Å². The number of hydrogen-bond donors (Lipinski definition) is 1. The number of rotatable bonds is 1. The average Bonchev–Trinajstić information content (AvgIpc) is 2.75. The summed E-state index contributed by atoms with van der Waals surface area (Å²) in [5.41, 5.74) is 0.860. The lowest BCUT2D eigenvalue weighted by molar-refractivity contribution is -0.0338. The van der Waals surface area contributed by atoms with Gasteiger partial charge in [-0.3, -0.25) is 0 Å². The fourth-order valence-electron chi connectivity index (χ4n) is 2.26. The molecular formula is C11H12O4. The highest BCUT2D eigenvalue weighted by atomic mass is 16.7. The quantitative estimate of drug-likeness (QED) is 0.761. The second-order valence-electron chi connectivity index (χ2n) is 3.81. The van der Waals surface area contributed by atoms with E-state index in [0.717, 1.165) is 12.0 Å². The minimum Gasteiger partial charge on any atom is -0.507 e. The summed E-state index contributed by atoms with van der Waals surface area (Å²) in [6.07, 6.45) is 0.676. The van der Waals surface area contributed by atoms with Gasteiger partial charge in [-0.2, -0.15) is 0 Å². The molecule has 0 aromatic heterocycles. The number of benzene rings is 1. The molecule has 80 valence electrons. The predicted molar refractivity (Wildman–Crippen MR) is 52.4 cm³/mol. The second-order valence-corrected chi connectivity index (χ2v) is 3.81. The molecule has 2 atom stereocenters. The van der Waals surface area contributed by atoms with Crippen molar-refractivity contribution in [2.24, 2.45) is 0 Å². The zero-order valence-electron chi connectivity index (χ0n) is 8.40. The van der Waals surface area contributed by atoms with Crippen LogP contribution >= 0.6 is 0 Å². The largest absolute Gasteiger partial charge is 0.507 e. The lowest BCUT2D eigenvalue weighted by Crippen LogP contribution is -2.13. The first-order valence-electron chi connectivity index (χ1n) is 4.99. The number of hydrogen-bond acceptors (Lipinski definition) is 4. The smallest absolute Gasteiger partial charge is 0.207 e. The van der Waals surface area contributed by atoms with Crippen molar-refractivity contribution in [2.45, 2.75) is 18.6 Å². The van der Waals surface area contributed by atoms with Gasteiger partial charge in [0.25, 0.3) is 0 Å². The van der Waals surface area contributed by atoms with Crippen LogP contribution in [-0.4, -0.2) is 25.1 Å². The highest BCUT2D eigenvalue weighted by Gasteiger charge is 2.41. The zero-order chi connectivity index (χ0) is 10.4. The summed E-state index contributed by atoms with van der Waals surface area (Å²) in [6.45, 7) is 0.695. The third kappa shape index (κ3) is 1.18. The van der Waals surface area contributed by atoms with Crippen molar-refractivity contribution < 1.29 is 19.3 Å². The topological polar surface area (TPSA) is 47.9 Å². The van der Waals surface area contributed by atoms with Gasteiger partial charge >= 0.3 is 0 Å². The molecule has 4 nitrogen and oxygen atoms in total. The average molecular weight is 208 g/mol. The van der Waals surface area contributed by atoms with Crippen LogP contribution in [0.4, 0.5) is 0 Å². The molecule has 1 saturated heterocycles. The van der Waals surface area contributed by atoms with Crippen molar-refractivity contribution in [3.8, 4) is 17.2 Å². The van der Waals surface area contributed by atoms with E-state index in [1.807, 2.05) is 0 Å².